The molecule has 3 aromatic carbocycles. The Morgan fingerprint density at radius 3 is 2.33 bits per heavy atom. The second-order valence-electron chi connectivity index (χ2n) is 8.05. The van der Waals surface area contributed by atoms with Crippen molar-refractivity contribution in [3.05, 3.63) is 90.5 Å². The zero-order chi connectivity index (χ0) is 22.6. The molecule has 0 spiro atoms. The zero-order valence-electron chi connectivity index (χ0n) is 18.2. The summed E-state index contributed by atoms with van der Waals surface area (Å²) < 4.78 is 21.1. The number of fused-ring (bicyclic) bond motifs is 1. The Hall–Kier alpha value is -3.87. The van der Waals surface area contributed by atoms with Crippen molar-refractivity contribution >= 4 is 22.6 Å². The summed E-state index contributed by atoms with van der Waals surface area (Å²) in [5.74, 6) is 1.29. The van der Waals surface area contributed by atoms with Gasteiger partial charge >= 0.3 is 0 Å². The molecule has 0 bridgehead atoms. The van der Waals surface area contributed by atoms with Crippen LogP contribution in [0.2, 0.25) is 0 Å². The van der Waals surface area contributed by atoms with Crippen LogP contribution in [0.5, 0.6) is 5.75 Å². The van der Waals surface area contributed by atoms with E-state index >= 15 is 0 Å². The Kier molecular flexibility index (Phi) is 5.93. The third-order valence-corrected chi connectivity index (χ3v) is 5.96. The summed E-state index contributed by atoms with van der Waals surface area (Å²) in [6.45, 7) is 3.17. The van der Waals surface area contributed by atoms with Crippen molar-refractivity contribution in [1.82, 2.24) is 14.5 Å². The molecule has 168 valence electrons. The van der Waals surface area contributed by atoms with Gasteiger partial charge in [0.05, 0.1) is 11.0 Å². The highest BCUT2D eigenvalue weighted by Crippen LogP contribution is 2.20. The highest BCUT2D eigenvalue weighted by molar-refractivity contribution is 5.81. The van der Waals surface area contributed by atoms with Gasteiger partial charge < -0.3 is 19.1 Å². The van der Waals surface area contributed by atoms with Gasteiger partial charge in [0.25, 0.3) is 0 Å². The maximum Gasteiger partial charge on any atom is 0.242 e. The molecule has 5 rings (SSSR count). The highest BCUT2D eigenvalue weighted by atomic mass is 19.1. The normalized spacial score (nSPS) is 14.0. The van der Waals surface area contributed by atoms with Crippen LogP contribution in [-0.4, -0.2) is 46.5 Å². The maximum atomic E-state index is 13.2. The summed E-state index contributed by atoms with van der Waals surface area (Å²) >= 11 is 0. The lowest BCUT2D eigenvalue weighted by atomic mass is 10.2. The van der Waals surface area contributed by atoms with Crippen LogP contribution in [0, 0.1) is 5.82 Å². The number of nitrogens with zero attached hydrogens (tertiary/aromatic N) is 4. The van der Waals surface area contributed by atoms with Crippen LogP contribution in [0.25, 0.3) is 11.0 Å². The van der Waals surface area contributed by atoms with Crippen LogP contribution in [0.3, 0.4) is 0 Å². The van der Waals surface area contributed by atoms with Crippen LogP contribution in [0.15, 0.2) is 78.9 Å². The van der Waals surface area contributed by atoms with Gasteiger partial charge in [0.15, 0.2) is 0 Å². The number of benzene rings is 3. The fraction of sp³-hybridized carbons (Fsp3) is 0.231. The number of carbonyl (C=O) groups is 1. The van der Waals surface area contributed by atoms with Gasteiger partial charge in [-0.3, -0.25) is 4.79 Å². The van der Waals surface area contributed by atoms with E-state index in [0.29, 0.717) is 26.2 Å². The van der Waals surface area contributed by atoms with E-state index in [1.807, 2.05) is 64.1 Å². The summed E-state index contributed by atoms with van der Waals surface area (Å²) in [7, 11) is 0. The predicted octanol–water partition coefficient (Wildman–Crippen LogP) is 4.10. The molecule has 0 N–H and O–H groups in total. The number of halogens is 1. The second kappa shape index (κ2) is 9.32. The lowest BCUT2D eigenvalue weighted by Crippen LogP contribution is -2.49. The van der Waals surface area contributed by atoms with Crippen molar-refractivity contribution in [3.8, 4) is 5.75 Å². The minimum Gasteiger partial charge on any atom is -0.486 e. The van der Waals surface area contributed by atoms with Crippen LogP contribution in [0.4, 0.5) is 10.1 Å². The Labute approximate surface area is 191 Å². The van der Waals surface area contributed by atoms with Crippen molar-refractivity contribution in [2.24, 2.45) is 0 Å². The first-order valence-corrected chi connectivity index (χ1v) is 11.1. The molecule has 1 fully saturated rings. The fourth-order valence-electron chi connectivity index (χ4n) is 4.18. The van der Waals surface area contributed by atoms with Gasteiger partial charge in [0.1, 0.15) is 30.5 Å². The molecule has 7 heteroatoms. The minimum atomic E-state index is -0.243. The molecule has 2 heterocycles. The van der Waals surface area contributed by atoms with Gasteiger partial charge in [-0.15, -0.1) is 0 Å². The van der Waals surface area contributed by atoms with E-state index in [-0.39, 0.29) is 24.9 Å². The van der Waals surface area contributed by atoms with E-state index < -0.39 is 0 Å². The van der Waals surface area contributed by atoms with Crippen molar-refractivity contribution in [1.29, 1.82) is 0 Å². The first-order valence-electron chi connectivity index (χ1n) is 11.1. The molecular weight excluding hydrogens is 419 g/mol. The summed E-state index contributed by atoms with van der Waals surface area (Å²) in [6.07, 6.45) is 0. The Morgan fingerprint density at radius 1 is 0.879 bits per heavy atom. The Morgan fingerprint density at radius 2 is 1.58 bits per heavy atom. The molecule has 0 unspecified atom stereocenters. The van der Waals surface area contributed by atoms with E-state index in [4.69, 9.17) is 9.72 Å². The Bertz CT molecular complexity index is 1230. The van der Waals surface area contributed by atoms with Crippen molar-refractivity contribution in [2.45, 2.75) is 13.2 Å². The number of piperazine rings is 1. The third kappa shape index (κ3) is 4.67. The summed E-state index contributed by atoms with van der Waals surface area (Å²) in [5, 5.41) is 0. The average Bonchev–Trinajstić information content (AvgIpc) is 3.21. The molecule has 1 aliphatic rings. The number of imidazole rings is 1. The number of ether oxygens (including phenoxy) is 1. The maximum absolute atomic E-state index is 13.2. The first-order chi connectivity index (χ1) is 16.2. The number of para-hydroxylation sites is 3. The van der Waals surface area contributed by atoms with Gasteiger partial charge in [0.2, 0.25) is 5.91 Å². The van der Waals surface area contributed by atoms with Gasteiger partial charge in [-0.2, -0.15) is 0 Å². The molecule has 6 nitrogen and oxygen atoms in total. The van der Waals surface area contributed by atoms with Crippen LogP contribution in [-0.2, 0) is 17.9 Å². The fourth-order valence-corrected chi connectivity index (χ4v) is 4.18. The van der Waals surface area contributed by atoms with Crippen LogP contribution < -0.4 is 9.64 Å². The molecule has 33 heavy (non-hydrogen) atoms. The van der Waals surface area contributed by atoms with E-state index in [1.165, 1.54) is 12.1 Å². The van der Waals surface area contributed by atoms with Crippen LogP contribution in [0.1, 0.15) is 5.82 Å². The summed E-state index contributed by atoms with van der Waals surface area (Å²) in [4.78, 5) is 22.0. The number of anilines is 1. The monoisotopic (exact) mass is 444 g/mol. The van der Waals surface area contributed by atoms with Crippen molar-refractivity contribution in [3.63, 3.8) is 0 Å². The Balaban J connectivity index is 1.28. The summed E-state index contributed by atoms with van der Waals surface area (Å²) in [5.41, 5.74) is 2.74. The molecule has 1 amide bonds. The number of aromatic nitrogens is 2. The molecular formula is C26H25FN4O2. The molecule has 1 aromatic heterocycles. The van der Waals surface area contributed by atoms with E-state index in [9.17, 15) is 9.18 Å². The van der Waals surface area contributed by atoms with Gasteiger partial charge in [-0.1, -0.05) is 30.3 Å². The van der Waals surface area contributed by atoms with Gasteiger partial charge in [-0.05, 0) is 48.5 Å². The molecule has 1 aliphatic heterocycles. The quantitative estimate of drug-likeness (QED) is 0.449. The second-order valence-corrected chi connectivity index (χ2v) is 8.05. The van der Waals surface area contributed by atoms with Crippen LogP contribution >= 0.6 is 0 Å². The smallest absolute Gasteiger partial charge is 0.242 e. The van der Waals surface area contributed by atoms with Gasteiger partial charge in [-0.25, -0.2) is 9.37 Å². The number of carbonyl (C=O) groups excluding carboxylic acids is 1. The molecule has 0 atom stereocenters. The lowest BCUT2D eigenvalue weighted by Gasteiger charge is -2.36. The largest absolute Gasteiger partial charge is 0.486 e. The SMILES string of the molecule is O=C(Cn1c(COc2ccccc2)nc2ccccc21)N1CCN(c2ccc(F)cc2)CC1. The minimum absolute atomic E-state index is 0.0536. The average molecular weight is 445 g/mol. The number of rotatable bonds is 6. The third-order valence-electron chi connectivity index (χ3n) is 5.96. The molecule has 0 aliphatic carbocycles. The predicted molar refractivity (Wildman–Crippen MR) is 126 cm³/mol. The topological polar surface area (TPSA) is 50.6 Å². The standard InChI is InChI=1S/C26H25FN4O2/c27-20-10-12-21(13-11-20)29-14-16-30(17-15-29)26(32)18-31-24-9-5-4-8-23(24)28-25(31)19-33-22-6-2-1-3-7-22/h1-13H,14-19H2. The van der Waals surface area contributed by atoms with Crippen molar-refractivity contribution in [2.75, 3.05) is 31.1 Å². The lowest BCUT2D eigenvalue weighted by molar-refractivity contribution is -0.132. The van der Waals surface area contributed by atoms with Crippen molar-refractivity contribution < 1.29 is 13.9 Å². The number of hydrogen-bond acceptors (Lipinski definition) is 4. The molecule has 0 saturated carbocycles. The summed E-state index contributed by atoms with van der Waals surface area (Å²) in [6, 6.07) is 23.9. The molecule has 4 aromatic rings. The number of amides is 1. The zero-order valence-corrected chi connectivity index (χ0v) is 18.2. The van der Waals surface area contributed by atoms with E-state index in [2.05, 4.69) is 4.90 Å². The van der Waals surface area contributed by atoms with E-state index in [1.54, 1.807) is 12.1 Å². The molecule has 1 saturated heterocycles. The van der Waals surface area contributed by atoms with Gasteiger partial charge in [0, 0.05) is 31.9 Å². The first kappa shape index (κ1) is 21.0. The highest BCUT2D eigenvalue weighted by Gasteiger charge is 2.23. The number of hydrogen-bond donors (Lipinski definition) is 0. The van der Waals surface area contributed by atoms with E-state index in [0.717, 1.165) is 28.3 Å². The molecule has 0 radical (unpaired) electrons.